The van der Waals surface area contributed by atoms with Gasteiger partial charge in [-0.05, 0) is 31.0 Å². The van der Waals surface area contributed by atoms with E-state index >= 15 is 0 Å². The Morgan fingerprint density at radius 1 is 1.05 bits per heavy atom. The highest BCUT2D eigenvalue weighted by molar-refractivity contribution is 7.99. The van der Waals surface area contributed by atoms with E-state index in [0.29, 0.717) is 34.5 Å². The summed E-state index contributed by atoms with van der Waals surface area (Å²) in [6.45, 7) is 6.31. The fourth-order valence-corrected chi connectivity index (χ4v) is 6.06. The smallest absolute Gasteiger partial charge is 0.392 e. The second kappa shape index (κ2) is 12.7. The molecule has 0 aliphatic carbocycles. The van der Waals surface area contributed by atoms with Gasteiger partial charge in [0.15, 0.2) is 5.65 Å². The van der Waals surface area contributed by atoms with Crippen LogP contribution >= 0.6 is 19.7 Å². The molecule has 0 spiro atoms. The maximum absolute atomic E-state index is 12.8. The molecule has 38 heavy (non-hydrogen) atoms. The first-order valence-electron chi connectivity index (χ1n) is 11.5. The van der Waals surface area contributed by atoms with Gasteiger partial charge in [-0.25, -0.2) is 9.97 Å². The van der Waals surface area contributed by atoms with Crippen LogP contribution in [0.4, 0.5) is 32.3 Å². The monoisotopic (exact) mass is 583 g/mol. The van der Waals surface area contributed by atoms with Gasteiger partial charge in [0.2, 0.25) is 5.95 Å². The zero-order valence-electron chi connectivity index (χ0n) is 20.9. The maximum Gasteiger partial charge on any atom is 0.392 e. The molecule has 0 amide bonds. The highest BCUT2D eigenvalue weighted by atomic mass is 32.2. The fourth-order valence-electron chi connectivity index (χ4n) is 3.36. The molecule has 0 aliphatic rings. The summed E-state index contributed by atoms with van der Waals surface area (Å²) in [4.78, 5) is 13.7. The largest absolute Gasteiger partial charge is 0.493 e. The third kappa shape index (κ3) is 9.77. The number of aromatic nitrogens is 4. The zero-order chi connectivity index (χ0) is 28.1. The number of hydrogen-bond donors (Lipinski definition) is 1. The van der Waals surface area contributed by atoms with Crippen molar-refractivity contribution in [2.45, 2.75) is 55.7 Å². The topological polar surface area (TPSA) is 88.1 Å². The molecule has 0 saturated carbocycles. The van der Waals surface area contributed by atoms with E-state index in [0.717, 1.165) is 4.90 Å². The standard InChI is InChI=1S/C23H28F6N5O2PS/c1-14(2)9-35-16-5-4-6-17(7-16)38-20-18-19(32-21(30)33-20)34(12-31-18)8-15(3)36-13-37(10-22(24,25)26)11-23(27,28)29/h4-7,12,14-15H,8-11,13H2,1-3H3,(H2,30,32,33). The second-order valence-electron chi connectivity index (χ2n) is 9.06. The molecule has 1 atom stereocenters. The van der Waals surface area contributed by atoms with Crippen LogP contribution < -0.4 is 10.5 Å². The molecule has 2 N–H and O–H groups in total. The number of halogens is 6. The summed E-state index contributed by atoms with van der Waals surface area (Å²) < 4.78 is 89.3. The molecule has 0 fully saturated rings. The Hall–Kier alpha value is -2.31. The van der Waals surface area contributed by atoms with E-state index in [1.807, 2.05) is 38.1 Å². The number of rotatable bonds is 12. The van der Waals surface area contributed by atoms with Gasteiger partial charge in [-0.3, -0.25) is 0 Å². The Kier molecular flexibility index (Phi) is 10.1. The number of nitrogens with two attached hydrogens (primary N) is 1. The van der Waals surface area contributed by atoms with Crippen LogP contribution in [0.15, 0.2) is 40.5 Å². The van der Waals surface area contributed by atoms with Gasteiger partial charge in [-0.2, -0.15) is 31.3 Å². The average Bonchev–Trinajstić information content (AvgIpc) is 3.17. The molecule has 7 nitrogen and oxygen atoms in total. The quantitative estimate of drug-likeness (QED) is 0.147. The predicted octanol–water partition coefficient (Wildman–Crippen LogP) is 6.56. The van der Waals surface area contributed by atoms with Crippen molar-refractivity contribution in [1.82, 2.24) is 19.5 Å². The van der Waals surface area contributed by atoms with Crippen molar-refractivity contribution in [2.75, 3.05) is 31.0 Å². The van der Waals surface area contributed by atoms with Crippen LogP contribution in [0.25, 0.3) is 11.2 Å². The van der Waals surface area contributed by atoms with Crippen molar-refractivity contribution in [3.63, 3.8) is 0 Å². The Bertz CT molecular complexity index is 1190. The van der Waals surface area contributed by atoms with Gasteiger partial charge in [0, 0.05) is 4.90 Å². The van der Waals surface area contributed by atoms with E-state index in [1.165, 1.54) is 18.1 Å². The minimum Gasteiger partial charge on any atom is -0.493 e. The van der Waals surface area contributed by atoms with Gasteiger partial charge in [0.05, 0.1) is 44.3 Å². The van der Waals surface area contributed by atoms with Crippen molar-refractivity contribution in [2.24, 2.45) is 5.92 Å². The molecular formula is C23H28F6N5O2PS. The molecule has 3 rings (SSSR count). The number of anilines is 1. The van der Waals surface area contributed by atoms with Crippen LogP contribution in [0, 0.1) is 5.92 Å². The van der Waals surface area contributed by atoms with E-state index in [1.54, 1.807) is 11.5 Å². The third-order valence-electron chi connectivity index (χ3n) is 4.85. The maximum atomic E-state index is 12.8. The van der Waals surface area contributed by atoms with Crippen LogP contribution in [-0.4, -0.2) is 63.3 Å². The lowest BCUT2D eigenvalue weighted by Crippen LogP contribution is -2.24. The first-order valence-corrected chi connectivity index (χ1v) is 14.3. The summed E-state index contributed by atoms with van der Waals surface area (Å²) in [5, 5.41) is 0.486. The Balaban J connectivity index is 1.72. The lowest BCUT2D eigenvalue weighted by atomic mass is 10.2. The summed E-state index contributed by atoms with van der Waals surface area (Å²) >= 11 is 1.31. The number of benzene rings is 1. The Morgan fingerprint density at radius 2 is 1.74 bits per heavy atom. The van der Waals surface area contributed by atoms with E-state index in [9.17, 15) is 26.3 Å². The molecule has 0 aliphatic heterocycles. The number of hydrogen-bond acceptors (Lipinski definition) is 7. The van der Waals surface area contributed by atoms with Gasteiger partial charge in [0.1, 0.15) is 16.3 Å². The second-order valence-corrected chi connectivity index (χ2v) is 12.4. The van der Waals surface area contributed by atoms with E-state index in [-0.39, 0.29) is 12.5 Å². The number of alkyl halides is 6. The highest BCUT2D eigenvalue weighted by Crippen LogP contribution is 2.46. The molecular weight excluding hydrogens is 555 g/mol. The average molecular weight is 584 g/mol. The molecule has 2 heterocycles. The van der Waals surface area contributed by atoms with Gasteiger partial charge in [0.25, 0.3) is 0 Å². The molecule has 210 valence electrons. The summed E-state index contributed by atoms with van der Waals surface area (Å²) in [5.74, 6) is 1.06. The summed E-state index contributed by atoms with van der Waals surface area (Å²) in [7, 11) is -2.47. The van der Waals surface area contributed by atoms with Crippen LogP contribution in [0.3, 0.4) is 0 Å². The fraction of sp³-hybridized carbons (Fsp3) is 0.522. The van der Waals surface area contributed by atoms with Crippen molar-refractivity contribution >= 4 is 36.8 Å². The molecule has 0 saturated heterocycles. The molecule has 3 aromatic rings. The molecule has 0 bridgehead atoms. The van der Waals surface area contributed by atoms with E-state index in [2.05, 4.69) is 15.0 Å². The predicted molar refractivity (Wildman–Crippen MR) is 135 cm³/mol. The van der Waals surface area contributed by atoms with Gasteiger partial charge in [-0.15, -0.1) is 0 Å². The van der Waals surface area contributed by atoms with Crippen molar-refractivity contribution in [1.29, 1.82) is 0 Å². The number of imidazole rings is 1. The first kappa shape index (κ1) is 30.2. The molecule has 1 unspecified atom stereocenters. The van der Waals surface area contributed by atoms with E-state index < -0.39 is 45.0 Å². The van der Waals surface area contributed by atoms with Crippen LogP contribution in [0.1, 0.15) is 20.8 Å². The molecule has 1 aromatic carbocycles. The van der Waals surface area contributed by atoms with Crippen molar-refractivity contribution in [3.8, 4) is 5.75 Å². The Morgan fingerprint density at radius 3 is 2.37 bits per heavy atom. The number of nitrogens with zero attached hydrogens (tertiary/aromatic N) is 4. The van der Waals surface area contributed by atoms with Crippen molar-refractivity contribution in [3.05, 3.63) is 30.6 Å². The Labute approximate surface area is 221 Å². The highest BCUT2D eigenvalue weighted by Gasteiger charge is 2.38. The number of nitrogen functional groups attached to an aromatic ring is 1. The molecule has 15 heteroatoms. The minimum absolute atomic E-state index is 0.0126. The minimum atomic E-state index is -4.70. The normalized spacial score (nSPS) is 13.6. The zero-order valence-corrected chi connectivity index (χ0v) is 22.6. The van der Waals surface area contributed by atoms with Gasteiger partial charge in [-0.1, -0.05) is 39.6 Å². The van der Waals surface area contributed by atoms with E-state index in [4.69, 9.17) is 15.2 Å². The van der Waals surface area contributed by atoms with Crippen LogP contribution in [-0.2, 0) is 11.3 Å². The first-order chi connectivity index (χ1) is 17.7. The lowest BCUT2D eigenvalue weighted by Gasteiger charge is -2.23. The molecule has 2 aromatic heterocycles. The van der Waals surface area contributed by atoms with Crippen LogP contribution in [0.2, 0.25) is 0 Å². The van der Waals surface area contributed by atoms with Crippen molar-refractivity contribution < 1.29 is 35.8 Å². The summed E-state index contributed by atoms with van der Waals surface area (Å²) in [5.41, 5.74) is 6.74. The van der Waals surface area contributed by atoms with Gasteiger partial charge < -0.3 is 19.8 Å². The van der Waals surface area contributed by atoms with Crippen LogP contribution in [0.5, 0.6) is 5.75 Å². The van der Waals surface area contributed by atoms with Gasteiger partial charge >= 0.3 is 12.4 Å². The lowest BCUT2D eigenvalue weighted by molar-refractivity contribution is -0.112. The SMILES string of the molecule is CC(C)COc1cccc(Sc2nc(N)nc3c2ncn3CC(C)OCP(CC(F)(F)F)CC(F)(F)F)c1. The third-order valence-corrected chi connectivity index (χ3v) is 7.95. The number of ether oxygens (including phenoxy) is 2. The number of fused-ring (bicyclic) bond motifs is 1. The molecule has 0 radical (unpaired) electrons. The summed E-state index contributed by atoms with van der Waals surface area (Å²) in [6, 6.07) is 7.44. The summed E-state index contributed by atoms with van der Waals surface area (Å²) in [6.07, 6.45) is -12.3.